The van der Waals surface area contributed by atoms with Crippen molar-refractivity contribution in [3.8, 4) is 0 Å². The lowest BCUT2D eigenvalue weighted by Gasteiger charge is -2.26. The summed E-state index contributed by atoms with van der Waals surface area (Å²) in [4.78, 5) is 19.4. The van der Waals surface area contributed by atoms with E-state index < -0.39 is 10.0 Å². The van der Waals surface area contributed by atoms with E-state index in [-0.39, 0.29) is 16.8 Å². The molecule has 1 aromatic heterocycles. The summed E-state index contributed by atoms with van der Waals surface area (Å²) in [6.45, 7) is 2.65. The molecule has 0 aliphatic carbocycles. The molecule has 3 heterocycles. The molecule has 2 saturated heterocycles. The van der Waals surface area contributed by atoms with E-state index in [9.17, 15) is 13.2 Å². The Kier molecular flexibility index (Phi) is 6.17. The minimum Gasteiger partial charge on any atom is -0.350 e. The van der Waals surface area contributed by atoms with E-state index in [0.717, 1.165) is 43.8 Å². The van der Waals surface area contributed by atoms with Crippen molar-refractivity contribution in [2.24, 2.45) is 0 Å². The summed E-state index contributed by atoms with van der Waals surface area (Å²) in [5.41, 5.74) is 0.474. The molecule has 0 saturated carbocycles. The molecule has 156 valence electrons. The zero-order chi connectivity index (χ0) is 20.3. The van der Waals surface area contributed by atoms with Crippen molar-refractivity contribution in [3.05, 3.63) is 41.4 Å². The smallest absolute Gasteiger partial charge is 0.251 e. The van der Waals surface area contributed by atoms with Gasteiger partial charge in [-0.2, -0.15) is 4.31 Å². The van der Waals surface area contributed by atoms with Crippen LogP contribution >= 0.6 is 11.3 Å². The van der Waals surface area contributed by atoms with Crippen molar-refractivity contribution < 1.29 is 13.2 Å². The van der Waals surface area contributed by atoms with Crippen molar-refractivity contribution >= 4 is 32.4 Å². The highest BCUT2D eigenvalue weighted by molar-refractivity contribution is 7.89. The van der Waals surface area contributed by atoms with Gasteiger partial charge in [-0.05, 0) is 49.9 Å². The number of nitrogens with zero attached hydrogens (tertiary/aromatic N) is 3. The molecule has 0 spiro atoms. The van der Waals surface area contributed by atoms with Gasteiger partial charge in [0.1, 0.15) is 0 Å². The second-order valence-corrected chi connectivity index (χ2v) is 10.3. The summed E-state index contributed by atoms with van der Waals surface area (Å²) in [7, 11) is -3.47. The van der Waals surface area contributed by atoms with Crippen LogP contribution in [0.15, 0.2) is 40.7 Å². The Hall–Kier alpha value is -1.97. The van der Waals surface area contributed by atoms with Crippen molar-refractivity contribution in [3.63, 3.8) is 0 Å². The van der Waals surface area contributed by atoms with E-state index in [4.69, 9.17) is 0 Å². The molecule has 1 N–H and O–H groups in total. The lowest BCUT2D eigenvalue weighted by Crippen LogP contribution is -2.40. The molecule has 2 aromatic rings. The molecule has 2 fully saturated rings. The van der Waals surface area contributed by atoms with E-state index in [2.05, 4.69) is 15.2 Å². The number of carbonyl (C=O) groups is 1. The first kappa shape index (κ1) is 20.3. The van der Waals surface area contributed by atoms with Crippen molar-refractivity contribution in [1.82, 2.24) is 14.6 Å². The fraction of sp³-hybridized carbons (Fsp3) is 0.500. The van der Waals surface area contributed by atoms with Crippen LogP contribution in [0.2, 0.25) is 0 Å². The predicted molar refractivity (Wildman–Crippen MR) is 114 cm³/mol. The van der Waals surface area contributed by atoms with Crippen LogP contribution in [0, 0.1) is 0 Å². The molecular weight excluding hydrogens is 408 g/mol. The highest BCUT2D eigenvalue weighted by Crippen LogP contribution is 2.27. The number of amides is 1. The van der Waals surface area contributed by atoms with E-state index >= 15 is 0 Å². The molecule has 1 aromatic carbocycles. The average molecular weight is 435 g/mol. The number of carbonyl (C=O) groups excluding carboxylic acids is 1. The number of rotatable bonds is 6. The number of sulfonamides is 1. The molecule has 2 aliphatic rings. The second kappa shape index (κ2) is 8.81. The van der Waals surface area contributed by atoms with Crippen molar-refractivity contribution in [2.45, 2.75) is 43.0 Å². The fourth-order valence-corrected chi connectivity index (χ4v) is 6.26. The summed E-state index contributed by atoms with van der Waals surface area (Å²) in [5, 5.41) is 5.95. The molecule has 0 bridgehead atoms. The number of hydrogen-bond donors (Lipinski definition) is 1. The molecule has 1 unspecified atom stereocenters. The van der Waals surface area contributed by atoms with Gasteiger partial charge < -0.3 is 10.2 Å². The summed E-state index contributed by atoms with van der Waals surface area (Å²) in [6, 6.07) is 6.51. The van der Waals surface area contributed by atoms with Crippen LogP contribution in [0.1, 0.15) is 42.5 Å². The maximum absolute atomic E-state index is 12.7. The summed E-state index contributed by atoms with van der Waals surface area (Å²) in [5.74, 6) is -0.182. The number of thiazole rings is 1. The third-order valence-electron chi connectivity index (χ3n) is 5.61. The van der Waals surface area contributed by atoms with Gasteiger partial charge in [0.2, 0.25) is 10.0 Å². The van der Waals surface area contributed by atoms with E-state index in [1.807, 2.05) is 5.38 Å². The van der Waals surface area contributed by atoms with E-state index in [0.29, 0.717) is 25.2 Å². The highest BCUT2D eigenvalue weighted by Gasteiger charge is 2.28. The number of aromatic nitrogens is 1. The van der Waals surface area contributed by atoms with Crippen LogP contribution in [0.4, 0.5) is 5.13 Å². The predicted octanol–water partition coefficient (Wildman–Crippen LogP) is 2.72. The van der Waals surface area contributed by atoms with Crippen LogP contribution in [0.3, 0.4) is 0 Å². The van der Waals surface area contributed by atoms with E-state index in [1.54, 1.807) is 34.0 Å². The van der Waals surface area contributed by atoms with Crippen molar-refractivity contribution in [2.75, 3.05) is 31.1 Å². The Morgan fingerprint density at radius 1 is 1.10 bits per heavy atom. The fourth-order valence-electron chi connectivity index (χ4n) is 4.00. The Morgan fingerprint density at radius 2 is 1.86 bits per heavy atom. The van der Waals surface area contributed by atoms with Gasteiger partial charge >= 0.3 is 0 Å². The van der Waals surface area contributed by atoms with Crippen molar-refractivity contribution in [1.29, 1.82) is 0 Å². The SMILES string of the molecule is O=C(NCC1CCCN1c1nccs1)c1ccc(S(=O)(=O)N2CCCCC2)cc1. The summed E-state index contributed by atoms with van der Waals surface area (Å²) < 4.78 is 27.0. The zero-order valence-electron chi connectivity index (χ0n) is 16.3. The Balaban J connectivity index is 1.37. The van der Waals surface area contributed by atoms with Gasteiger partial charge in [-0.25, -0.2) is 13.4 Å². The number of nitrogens with one attached hydrogen (secondary N) is 1. The Bertz CT molecular complexity index is 923. The monoisotopic (exact) mass is 434 g/mol. The first-order valence-electron chi connectivity index (χ1n) is 10.1. The number of piperidine rings is 1. The standard InChI is InChI=1S/C20H26N4O3S2/c25-19(22-15-17-5-4-13-24(17)20-21-10-14-28-20)16-6-8-18(9-7-16)29(26,27)23-11-2-1-3-12-23/h6-10,14,17H,1-5,11-13,15H2,(H,22,25). The summed E-state index contributed by atoms with van der Waals surface area (Å²) in [6.07, 6.45) is 6.79. The lowest BCUT2D eigenvalue weighted by molar-refractivity contribution is 0.0951. The molecule has 0 radical (unpaired) electrons. The first-order valence-corrected chi connectivity index (χ1v) is 12.4. The van der Waals surface area contributed by atoms with Gasteiger partial charge in [0, 0.05) is 49.4 Å². The van der Waals surface area contributed by atoms with Gasteiger partial charge in [0.15, 0.2) is 5.13 Å². The Labute approximate surface area is 175 Å². The molecule has 4 rings (SSSR count). The second-order valence-electron chi connectivity index (χ2n) is 7.50. The molecule has 2 aliphatic heterocycles. The number of benzene rings is 1. The molecule has 1 amide bonds. The Morgan fingerprint density at radius 3 is 2.55 bits per heavy atom. The van der Waals surface area contributed by atoms with Crippen LogP contribution in [0.5, 0.6) is 0 Å². The largest absolute Gasteiger partial charge is 0.350 e. The number of anilines is 1. The maximum Gasteiger partial charge on any atom is 0.251 e. The third kappa shape index (κ3) is 4.46. The maximum atomic E-state index is 12.7. The highest BCUT2D eigenvalue weighted by atomic mass is 32.2. The van der Waals surface area contributed by atoms with Gasteiger partial charge in [0.05, 0.1) is 4.90 Å². The molecule has 9 heteroatoms. The van der Waals surface area contributed by atoms with Crippen LogP contribution in [-0.4, -0.2) is 55.8 Å². The third-order valence-corrected chi connectivity index (χ3v) is 8.33. The van der Waals surface area contributed by atoms with Gasteiger partial charge in [-0.1, -0.05) is 6.42 Å². The first-order chi connectivity index (χ1) is 14.1. The van der Waals surface area contributed by atoms with Gasteiger partial charge in [-0.3, -0.25) is 4.79 Å². The summed E-state index contributed by atoms with van der Waals surface area (Å²) >= 11 is 1.61. The van der Waals surface area contributed by atoms with Crippen LogP contribution in [0.25, 0.3) is 0 Å². The normalized spacial score (nSPS) is 20.7. The van der Waals surface area contributed by atoms with Gasteiger partial charge in [0.25, 0.3) is 5.91 Å². The average Bonchev–Trinajstić information content (AvgIpc) is 3.44. The molecule has 29 heavy (non-hydrogen) atoms. The number of hydrogen-bond acceptors (Lipinski definition) is 6. The quantitative estimate of drug-likeness (QED) is 0.756. The molecule has 1 atom stereocenters. The van der Waals surface area contributed by atoms with Crippen LogP contribution < -0.4 is 10.2 Å². The van der Waals surface area contributed by atoms with E-state index in [1.165, 1.54) is 12.1 Å². The molecular formula is C20H26N4O3S2. The van der Waals surface area contributed by atoms with Gasteiger partial charge in [-0.15, -0.1) is 11.3 Å². The van der Waals surface area contributed by atoms with Crippen LogP contribution in [-0.2, 0) is 10.0 Å². The minimum atomic E-state index is -3.47. The lowest BCUT2D eigenvalue weighted by atomic mass is 10.2. The topological polar surface area (TPSA) is 82.6 Å². The molecule has 7 nitrogen and oxygen atoms in total. The zero-order valence-corrected chi connectivity index (χ0v) is 17.9. The minimum absolute atomic E-state index is 0.182.